The van der Waals surface area contributed by atoms with E-state index in [9.17, 15) is 4.79 Å². The second-order valence-corrected chi connectivity index (χ2v) is 8.53. The lowest BCUT2D eigenvalue weighted by atomic mass is 9.84. The summed E-state index contributed by atoms with van der Waals surface area (Å²) in [5.74, 6) is 0.547. The Kier molecular flexibility index (Phi) is 4.51. The minimum atomic E-state index is -0.0482. The second kappa shape index (κ2) is 7.04. The number of amides is 1. The van der Waals surface area contributed by atoms with Gasteiger partial charge in [-0.05, 0) is 57.8 Å². The van der Waals surface area contributed by atoms with Gasteiger partial charge in [-0.3, -0.25) is 4.79 Å². The van der Waals surface area contributed by atoms with Crippen LogP contribution in [-0.2, 0) is 4.74 Å². The number of para-hydroxylation sites is 1. The third-order valence-corrected chi connectivity index (χ3v) is 6.32. The normalized spacial score (nSPS) is 32.6. The van der Waals surface area contributed by atoms with Gasteiger partial charge in [0, 0.05) is 25.7 Å². The van der Waals surface area contributed by atoms with Crippen molar-refractivity contribution in [1.82, 2.24) is 15.2 Å². The first-order chi connectivity index (χ1) is 13.6. The highest BCUT2D eigenvalue weighted by Crippen LogP contribution is 2.29. The van der Waals surface area contributed by atoms with Gasteiger partial charge in [-0.25, -0.2) is 0 Å². The number of carbonyl (C=O) groups excluding carboxylic acids is 1. The van der Waals surface area contributed by atoms with Crippen molar-refractivity contribution in [1.29, 1.82) is 0 Å². The van der Waals surface area contributed by atoms with E-state index >= 15 is 0 Å². The second-order valence-electron chi connectivity index (χ2n) is 8.53. The van der Waals surface area contributed by atoms with Crippen LogP contribution in [0.3, 0.4) is 0 Å². The summed E-state index contributed by atoms with van der Waals surface area (Å²) >= 11 is 0. The van der Waals surface area contributed by atoms with Gasteiger partial charge in [0.1, 0.15) is 5.52 Å². The molecular formula is C21H28N4O3. The molecule has 6 rings (SSSR count). The number of hydrogen-bond acceptors (Lipinski definition) is 6. The zero-order valence-electron chi connectivity index (χ0n) is 16.6. The molecule has 0 spiro atoms. The summed E-state index contributed by atoms with van der Waals surface area (Å²) < 4.78 is 11.8. The zero-order valence-corrected chi connectivity index (χ0v) is 16.6. The molecule has 3 unspecified atom stereocenters. The average Bonchev–Trinajstić information content (AvgIpc) is 3.12. The molecule has 4 aliphatic heterocycles. The Bertz CT molecular complexity index is 864. The molecule has 1 amide bonds. The fraction of sp³-hybridized carbons (Fsp3) is 0.619. The van der Waals surface area contributed by atoms with Crippen molar-refractivity contribution in [3.8, 4) is 0 Å². The van der Waals surface area contributed by atoms with Crippen LogP contribution >= 0.6 is 0 Å². The number of carbonyl (C=O) groups is 1. The fourth-order valence-electron chi connectivity index (χ4n) is 4.96. The standard InChI is InChI=1S/C21H28N4O3/c1-13-10-25(11-14(2)27-13)21-23-19-16(4-3-5-18(19)28-21)20(26)22-17-12-24-8-6-15(17)7-9-24/h3-5,13-15,17H,6-12H2,1-2H3,(H,22,26). The first kappa shape index (κ1) is 17.9. The number of nitrogens with one attached hydrogen (secondary N) is 1. The molecule has 1 N–H and O–H groups in total. The number of morpholine rings is 1. The Morgan fingerprint density at radius 1 is 1.14 bits per heavy atom. The lowest BCUT2D eigenvalue weighted by Gasteiger charge is -2.44. The summed E-state index contributed by atoms with van der Waals surface area (Å²) in [6.07, 6.45) is 2.60. The highest BCUT2D eigenvalue weighted by atomic mass is 16.5. The van der Waals surface area contributed by atoms with Gasteiger partial charge < -0.3 is 24.3 Å². The maximum absolute atomic E-state index is 13.0. The zero-order chi connectivity index (χ0) is 19.3. The number of piperidine rings is 3. The third kappa shape index (κ3) is 3.26. The lowest BCUT2D eigenvalue weighted by molar-refractivity contribution is -0.00662. The molecule has 4 saturated heterocycles. The van der Waals surface area contributed by atoms with Gasteiger partial charge in [-0.1, -0.05) is 6.07 Å². The van der Waals surface area contributed by atoms with E-state index in [1.807, 2.05) is 18.2 Å². The third-order valence-electron chi connectivity index (χ3n) is 6.32. The summed E-state index contributed by atoms with van der Waals surface area (Å²) in [5.41, 5.74) is 1.89. The smallest absolute Gasteiger partial charge is 0.298 e. The molecule has 150 valence electrons. The molecule has 0 saturated carbocycles. The van der Waals surface area contributed by atoms with Crippen LogP contribution in [0.5, 0.6) is 0 Å². The van der Waals surface area contributed by atoms with Gasteiger partial charge in [0.05, 0.1) is 17.8 Å². The Balaban J connectivity index is 1.39. The molecule has 28 heavy (non-hydrogen) atoms. The van der Waals surface area contributed by atoms with Crippen LogP contribution < -0.4 is 10.2 Å². The van der Waals surface area contributed by atoms with Crippen molar-refractivity contribution in [2.75, 3.05) is 37.6 Å². The molecule has 1 aromatic carbocycles. The molecule has 2 bridgehead atoms. The number of fused-ring (bicyclic) bond motifs is 4. The van der Waals surface area contributed by atoms with E-state index in [4.69, 9.17) is 14.1 Å². The van der Waals surface area contributed by atoms with Crippen LogP contribution in [0, 0.1) is 5.92 Å². The number of hydrogen-bond donors (Lipinski definition) is 1. The summed E-state index contributed by atoms with van der Waals surface area (Å²) in [5, 5.41) is 3.27. The Morgan fingerprint density at radius 2 is 1.89 bits per heavy atom. The first-order valence-corrected chi connectivity index (χ1v) is 10.4. The van der Waals surface area contributed by atoms with E-state index in [0.29, 0.717) is 28.6 Å². The van der Waals surface area contributed by atoms with Crippen molar-refractivity contribution >= 4 is 23.0 Å². The van der Waals surface area contributed by atoms with Gasteiger partial charge in [0.15, 0.2) is 5.58 Å². The molecule has 5 heterocycles. The molecular weight excluding hydrogens is 356 g/mol. The molecule has 4 aliphatic rings. The molecule has 0 radical (unpaired) electrons. The molecule has 7 heteroatoms. The Hall–Kier alpha value is -2.12. The van der Waals surface area contributed by atoms with Gasteiger partial charge in [0.25, 0.3) is 11.9 Å². The van der Waals surface area contributed by atoms with Gasteiger partial charge in [-0.15, -0.1) is 0 Å². The molecule has 0 aliphatic carbocycles. The Labute approximate surface area is 165 Å². The predicted octanol–water partition coefficient (Wildman–Crippen LogP) is 2.27. The maximum atomic E-state index is 13.0. The number of nitrogens with zero attached hydrogens (tertiary/aromatic N) is 3. The highest BCUT2D eigenvalue weighted by molar-refractivity contribution is 6.04. The number of benzene rings is 1. The van der Waals surface area contributed by atoms with E-state index in [1.54, 1.807) is 0 Å². The molecule has 3 atom stereocenters. The monoisotopic (exact) mass is 384 g/mol. The van der Waals surface area contributed by atoms with Crippen molar-refractivity contribution in [3.05, 3.63) is 23.8 Å². The summed E-state index contributed by atoms with van der Waals surface area (Å²) in [6.45, 7) is 8.86. The molecule has 7 nitrogen and oxygen atoms in total. The summed E-state index contributed by atoms with van der Waals surface area (Å²) in [7, 11) is 0. The lowest BCUT2D eigenvalue weighted by Crippen LogP contribution is -2.57. The van der Waals surface area contributed by atoms with Gasteiger partial charge >= 0.3 is 0 Å². The number of aromatic nitrogens is 1. The van der Waals surface area contributed by atoms with Crippen LogP contribution in [0.25, 0.3) is 11.1 Å². The highest BCUT2D eigenvalue weighted by Gasteiger charge is 2.35. The van der Waals surface area contributed by atoms with Crippen LogP contribution in [0.2, 0.25) is 0 Å². The largest absolute Gasteiger partial charge is 0.423 e. The molecule has 4 fully saturated rings. The summed E-state index contributed by atoms with van der Waals surface area (Å²) in [4.78, 5) is 22.3. The van der Waals surface area contributed by atoms with Crippen LogP contribution in [0.1, 0.15) is 37.0 Å². The predicted molar refractivity (Wildman–Crippen MR) is 107 cm³/mol. The van der Waals surface area contributed by atoms with E-state index in [2.05, 4.69) is 29.0 Å². The maximum Gasteiger partial charge on any atom is 0.298 e. The van der Waals surface area contributed by atoms with E-state index in [0.717, 1.165) is 32.7 Å². The first-order valence-electron chi connectivity index (χ1n) is 10.4. The molecule has 2 aromatic rings. The van der Waals surface area contributed by atoms with Crippen LogP contribution in [-0.4, -0.2) is 66.8 Å². The Morgan fingerprint density at radius 3 is 2.57 bits per heavy atom. The van der Waals surface area contributed by atoms with Crippen molar-refractivity contribution < 1.29 is 13.9 Å². The number of anilines is 1. The number of oxazole rings is 1. The number of ether oxygens (including phenoxy) is 1. The van der Waals surface area contributed by atoms with E-state index in [1.165, 1.54) is 12.8 Å². The van der Waals surface area contributed by atoms with Crippen LogP contribution in [0.15, 0.2) is 22.6 Å². The minimum Gasteiger partial charge on any atom is -0.423 e. The topological polar surface area (TPSA) is 70.8 Å². The number of rotatable bonds is 3. The van der Waals surface area contributed by atoms with Crippen LogP contribution in [0.4, 0.5) is 6.01 Å². The van der Waals surface area contributed by atoms with E-state index < -0.39 is 0 Å². The average molecular weight is 384 g/mol. The minimum absolute atomic E-state index is 0.0482. The quantitative estimate of drug-likeness (QED) is 0.875. The summed E-state index contributed by atoms with van der Waals surface area (Å²) in [6, 6.07) is 6.39. The van der Waals surface area contributed by atoms with Crippen molar-refractivity contribution in [2.45, 2.75) is 44.9 Å². The fourth-order valence-corrected chi connectivity index (χ4v) is 4.96. The van der Waals surface area contributed by atoms with Crippen molar-refractivity contribution in [2.24, 2.45) is 5.92 Å². The molecule has 1 aromatic heterocycles. The van der Waals surface area contributed by atoms with Crippen molar-refractivity contribution in [3.63, 3.8) is 0 Å². The van der Waals surface area contributed by atoms with E-state index in [-0.39, 0.29) is 24.2 Å². The van der Waals surface area contributed by atoms with Gasteiger partial charge in [-0.2, -0.15) is 4.98 Å². The SMILES string of the molecule is CC1CN(c2nc3c(C(=O)NC4CN5CCC4CC5)cccc3o2)CC(C)O1. The van der Waals surface area contributed by atoms with Gasteiger partial charge in [0.2, 0.25) is 0 Å².